The highest BCUT2D eigenvalue weighted by molar-refractivity contribution is 14.1. The summed E-state index contributed by atoms with van der Waals surface area (Å²) >= 11 is 2.39. The van der Waals surface area contributed by atoms with Gasteiger partial charge in [-0.3, -0.25) is 0 Å². The van der Waals surface area contributed by atoms with Crippen LogP contribution in [0.25, 0.3) is 16.9 Å². The highest BCUT2D eigenvalue weighted by Crippen LogP contribution is 2.36. The van der Waals surface area contributed by atoms with Gasteiger partial charge in [0.05, 0.1) is 11.4 Å². The standard InChI is InChI=1S/C19H18IN3/c1-12-7-8-14(11-13(12)2)23-19-16(9-10-21-19)18(22-23)15-5-3-4-6-17(15)20/h3-8,11,21H,9-10H2,1-2H3. The molecular formula is C19H18IN3. The summed E-state index contributed by atoms with van der Waals surface area (Å²) in [6.07, 6.45) is 1.03. The highest BCUT2D eigenvalue weighted by atomic mass is 127. The molecule has 2 aromatic carbocycles. The van der Waals surface area contributed by atoms with Crippen molar-refractivity contribution in [1.82, 2.24) is 9.78 Å². The Hall–Kier alpha value is -1.82. The molecule has 0 bridgehead atoms. The van der Waals surface area contributed by atoms with Crippen LogP contribution in [0.4, 0.5) is 5.82 Å². The monoisotopic (exact) mass is 415 g/mol. The Morgan fingerprint density at radius 1 is 1.09 bits per heavy atom. The second-order valence-electron chi connectivity index (χ2n) is 6.01. The Kier molecular flexibility index (Phi) is 3.64. The van der Waals surface area contributed by atoms with Crippen LogP contribution in [0.5, 0.6) is 0 Å². The third-order valence-electron chi connectivity index (χ3n) is 4.51. The molecular weight excluding hydrogens is 397 g/mol. The van der Waals surface area contributed by atoms with Gasteiger partial charge in [-0.15, -0.1) is 0 Å². The molecule has 1 aliphatic heterocycles. The van der Waals surface area contributed by atoms with Crippen LogP contribution >= 0.6 is 22.6 Å². The van der Waals surface area contributed by atoms with Gasteiger partial charge in [0.2, 0.25) is 0 Å². The van der Waals surface area contributed by atoms with Crippen molar-refractivity contribution in [3.8, 4) is 16.9 Å². The third-order valence-corrected chi connectivity index (χ3v) is 5.46. The molecule has 23 heavy (non-hydrogen) atoms. The van der Waals surface area contributed by atoms with Crippen LogP contribution in [-0.4, -0.2) is 16.3 Å². The normalized spacial score (nSPS) is 13.0. The average Bonchev–Trinajstić information content (AvgIpc) is 3.13. The second-order valence-corrected chi connectivity index (χ2v) is 7.17. The zero-order valence-electron chi connectivity index (χ0n) is 13.2. The van der Waals surface area contributed by atoms with Crippen LogP contribution < -0.4 is 5.32 Å². The third kappa shape index (κ3) is 2.45. The van der Waals surface area contributed by atoms with E-state index in [1.807, 2.05) is 0 Å². The SMILES string of the molecule is Cc1ccc(-n2nc(-c3ccccc3I)c3c2NCC3)cc1C. The summed E-state index contributed by atoms with van der Waals surface area (Å²) in [5.74, 6) is 1.14. The first kappa shape index (κ1) is 14.8. The molecule has 0 saturated heterocycles. The van der Waals surface area contributed by atoms with E-state index in [0.29, 0.717) is 0 Å². The summed E-state index contributed by atoms with van der Waals surface area (Å²) in [5, 5.41) is 8.46. The minimum absolute atomic E-state index is 0.981. The lowest BCUT2D eigenvalue weighted by atomic mass is 10.1. The van der Waals surface area contributed by atoms with Crippen molar-refractivity contribution in [3.63, 3.8) is 0 Å². The Morgan fingerprint density at radius 3 is 2.70 bits per heavy atom. The molecule has 0 unspecified atom stereocenters. The zero-order valence-corrected chi connectivity index (χ0v) is 15.4. The first-order valence-corrected chi connectivity index (χ1v) is 8.91. The quantitative estimate of drug-likeness (QED) is 0.614. The first-order chi connectivity index (χ1) is 11.1. The number of benzene rings is 2. The Labute approximate surface area is 149 Å². The van der Waals surface area contributed by atoms with Gasteiger partial charge in [0.25, 0.3) is 0 Å². The maximum absolute atomic E-state index is 4.95. The van der Waals surface area contributed by atoms with Crippen molar-refractivity contribution < 1.29 is 0 Å². The molecule has 0 fully saturated rings. The average molecular weight is 415 g/mol. The van der Waals surface area contributed by atoms with Crippen LogP contribution in [0, 0.1) is 17.4 Å². The lowest BCUT2D eigenvalue weighted by molar-refractivity contribution is 0.880. The number of hydrogen-bond donors (Lipinski definition) is 1. The second kappa shape index (κ2) is 5.67. The summed E-state index contributed by atoms with van der Waals surface area (Å²) in [5.41, 5.74) is 7.37. The van der Waals surface area contributed by atoms with Gasteiger partial charge in [-0.25, -0.2) is 4.68 Å². The molecule has 3 aromatic rings. The number of nitrogens with one attached hydrogen (secondary N) is 1. The molecule has 4 rings (SSSR count). The molecule has 1 aromatic heterocycles. The number of nitrogens with zero attached hydrogens (tertiary/aromatic N) is 2. The van der Waals surface area contributed by atoms with Crippen molar-refractivity contribution in [2.24, 2.45) is 0 Å². The number of rotatable bonds is 2. The van der Waals surface area contributed by atoms with Crippen molar-refractivity contribution in [1.29, 1.82) is 0 Å². The Bertz CT molecular complexity index is 896. The lowest BCUT2D eigenvalue weighted by Crippen LogP contribution is -2.04. The molecule has 4 heteroatoms. The van der Waals surface area contributed by atoms with Crippen molar-refractivity contribution in [2.75, 3.05) is 11.9 Å². The van der Waals surface area contributed by atoms with Gasteiger partial charge in [0, 0.05) is 21.2 Å². The van der Waals surface area contributed by atoms with Crippen LogP contribution in [0.15, 0.2) is 42.5 Å². The van der Waals surface area contributed by atoms with Crippen molar-refractivity contribution >= 4 is 28.4 Å². The number of halogens is 1. The van der Waals surface area contributed by atoms with Gasteiger partial charge >= 0.3 is 0 Å². The van der Waals surface area contributed by atoms with E-state index in [0.717, 1.165) is 30.2 Å². The molecule has 1 N–H and O–H groups in total. The van der Waals surface area contributed by atoms with Gasteiger partial charge in [0.15, 0.2) is 0 Å². The Morgan fingerprint density at radius 2 is 1.91 bits per heavy atom. The zero-order chi connectivity index (χ0) is 16.0. The maximum atomic E-state index is 4.95. The summed E-state index contributed by atoms with van der Waals surface area (Å²) in [6.45, 7) is 5.27. The molecule has 3 nitrogen and oxygen atoms in total. The minimum atomic E-state index is 0.981. The van der Waals surface area contributed by atoms with E-state index < -0.39 is 0 Å². The predicted octanol–water partition coefficient (Wildman–Crippen LogP) is 4.73. The lowest BCUT2D eigenvalue weighted by Gasteiger charge is -2.09. The van der Waals surface area contributed by atoms with Crippen LogP contribution in [-0.2, 0) is 6.42 Å². The molecule has 0 saturated carbocycles. The number of hydrogen-bond acceptors (Lipinski definition) is 2. The molecule has 0 radical (unpaired) electrons. The molecule has 0 amide bonds. The predicted molar refractivity (Wildman–Crippen MR) is 103 cm³/mol. The van der Waals surface area contributed by atoms with E-state index in [1.54, 1.807) is 0 Å². The highest BCUT2D eigenvalue weighted by Gasteiger charge is 2.24. The molecule has 0 atom stereocenters. The fourth-order valence-electron chi connectivity index (χ4n) is 3.09. The summed E-state index contributed by atoms with van der Waals surface area (Å²) in [4.78, 5) is 0. The van der Waals surface area contributed by atoms with E-state index in [2.05, 4.69) is 88.9 Å². The van der Waals surface area contributed by atoms with Gasteiger partial charge in [0.1, 0.15) is 5.82 Å². The topological polar surface area (TPSA) is 29.9 Å². The van der Waals surface area contributed by atoms with Crippen LogP contribution in [0.3, 0.4) is 0 Å². The summed E-state index contributed by atoms with van der Waals surface area (Å²) < 4.78 is 3.30. The number of fused-ring (bicyclic) bond motifs is 1. The van der Waals surface area contributed by atoms with E-state index in [-0.39, 0.29) is 0 Å². The number of aromatic nitrogens is 2. The molecule has 2 heterocycles. The maximum Gasteiger partial charge on any atom is 0.133 e. The fourth-order valence-corrected chi connectivity index (χ4v) is 3.73. The largest absolute Gasteiger partial charge is 0.369 e. The smallest absolute Gasteiger partial charge is 0.133 e. The van der Waals surface area contributed by atoms with Gasteiger partial charge in [-0.1, -0.05) is 24.3 Å². The summed E-state index contributed by atoms with van der Waals surface area (Å²) in [6, 6.07) is 15.0. The van der Waals surface area contributed by atoms with Gasteiger partial charge in [-0.2, -0.15) is 5.10 Å². The van der Waals surface area contributed by atoms with Gasteiger partial charge in [-0.05, 0) is 72.2 Å². The fraction of sp³-hybridized carbons (Fsp3) is 0.211. The Balaban J connectivity index is 1.91. The number of anilines is 1. The van der Waals surface area contributed by atoms with E-state index in [9.17, 15) is 0 Å². The van der Waals surface area contributed by atoms with Gasteiger partial charge < -0.3 is 5.32 Å². The van der Waals surface area contributed by atoms with E-state index in [1.165, 1.54) is 25.8 Å². The summed E-state index contributed by atoms with van der Waals surface area (Å²) in [7, 11) is 0. The van der Waals surface area contributed by atoms with E-state index >= 15 is 0 Å². The molecule has 1 aliphatic rings. The van der Waals surface area contributed by atoms with Crippen molar-refractivity contribution in [3.05, 3.63) is 62.7 Å². The first-order valence-electron chi connectivity index (χ1n) is 7.83. The van der Waals surface area contributed by atoms with Crippen molar-refractivity contribution in [2.45, 2.75) is 20.3 Å². The van der Waals surface area contributed by atoms with Crippen LogP contribution in [0.2, 0.25) is 0 Å². The molecule has 0 aliphatic carbocycles. The number of aryl methyl sites for hydroxylation is 2. The van der Waals surface area contributed by atoms with Crippen LogP contribution in [0.1, 0.15) is 16.7 Å². The minimum Gasteiger partial charge on any atom is -0.369 e. The molecule has 0 spiro atoms. The van der Waals surface area contributed by atoms with E-state index in [4.69, 9.17) is 5.10 Å². The molecule has 116 valence electrons.